The van der Waals surface area contributed by atoms with Gasteiger partial charge in [0.25, 0.3) is 0 Å². The fourth-order valence-corrected chi connectivity index (χ4v) is 3.86. The number of ketones is 1. The number of hydrogen-bond acceptors (Lipinski definition) is 6. The Hall–Kier alpha value is -3.12. The Morgan fingerprint density at radius 3 is 2.60 bits per heavy atom. The van der Waals surface area contributed by atoms with Gasteiger partial charge in [0.1, 0.15) is 12.1 Å². The number of carbonyl (C=O) groups is 1. The van der Waals surface area contributed by atoms with Crippen LogP contribution in [0.4, 0.5) is 11.5 Å². The average Bonchev–Trinajstić information content (AvgIpc) is 2.78. The van der Waals surface area contributed by atoms with E-state index in [1.165, 1.54) is 6.33 Å². The summed E-state index contributed by atoms with van der Waals surface area (Å²) >= 11 is 0. The fraction of sp³-hybridized carbons (Fsp3) is 0.333. The van der Waals surface area contributed by atoms with Gasteiger partial charge in [0, 0.05) is 42.2 Å². The normalized spacial score (nSPS) is 15.1. The molecule has 0 spiro atoms. The Bertz CT molecular complexity index is 966. The van der Waals surface area contributed by atoms with Crippen LogP contribution >= 0.6 is 0 Å². The number of pyridine rings is 1. The number of piperidine rings is 1. The summed E-state index contributed by atoms with van der Waals surface area (Å²) in [5.74, 6) is 1.46. The van der Waals surface area contributed by atoms with Crippen LogP contribution in [-0.2, 0) is 6.54 Å². The van der Waals surface area contributed by atoms with E-state index in [-0.39, 0.29) is 5.78 Å². The standard InChI is InChI=1S/C24H27N5O/c1-18-15-25-17-27-24(18)28-21-7-5-20(6-8-21)23(30)14-19-9-12-29(13-10-19)16-22-4-2-3-11-26-22/h2-8,11,15,17,19H,9-10,12-14,16H2,1H3,(H,25,27,28). The first-order valence-corrected chi connectivity index (χ1v) is 10.5. The molecule has 0 radical (unpaired) electrons. The maximum absolute atomic E-state index is 12.7. The Labute approximate surface area is 177 Å². The number of carbonyl (C=O) groups excluding carboxylic acids is 1. The number of aryl methyl sites for hydroxylation is 1. The van der Waals surface area contributed by atoms with Gasteiger partial charge in [-0.1, -0.05) is 6.07 Å². The molecular formula is C24H27N5O. The topological polar surface area (TPSA) is 71.0 Å². The van der Waals surface area contributed by atoms with Crippen molar-refractivity contribution in [1.29, 1.82) is 0 Å². The number of hydrogen-bond donors (Lipinski definition) is 1. The van der Waals surface area contributed by atoms with E-state index in [2.05, 4.69) is 31.2 Å². The Balaban J connectivity index is 1.27. The van der Waals surface area contributed by atoms with Gasteiger partial charge < -0.3 is 5.32 Å². The molecule has 1 aromatic carbocycles. The first-order valence-electron chi connectivity index (χ1n) is 10.5. The van der Waals surface area contributed by atoms with Crippen LogP contribution in [0.1, 0.15) is 40.9 Å². The summed E-state index contributed by atoms with van der Waals surface area (Å²) in [6.45, 7) is 4.90. The average molecular weight is 402 g/mol. The van der Waals surface area contributed by atoms with Crippen molar-refractivity contribution in [3.05, 3.63) is 78.0 Å². The molecule has 0 aliphatic carbocycles. The zero-order chi connectivity index (χ0) is 20.8. The number of aromatic nitrogens is 3. The molecule has 154 valence electrons. The zero-order valence-electron chi connectivity index (χ0n) is 17.3. The van der Waals surface area contributed by atoms with Gasteiger partial charge in [-0.15, -0.1) is 0 Å². The van der Waals surface area contributed by atoms with Gasteiger partial charge in [0.05, 0.1) is 5.69 Å². The van der Waals surface area contributed by atoms with Gasteiger partial charge in [-0.2, -0.15) is 0 Å². The van der Waals surface area contributed by atoms with E-state index in [9.17, 15) is 4.79 Å². The molecule has 1 aliphatic rings. The van der Waals surface area contributed by atoms with Gasteiger partial charge >= 0.3 is 0 Å². The minimum absolute atomic E-state index is 0.225. The molecule has 0 atom stereocenters. The first kappa shape index (κ1) is 20.2. The number of likely N-dealkylation sites (tertiary alicyclic amines) is 1. The third-order valence-electron chi connectivity index (χ3n) is 5.66. The summed E-state index contributed by atoms with van der Waals surface area (Å²) in [7, 11) is 0. The molecule has 6 heteroatoms. The zero-order valence-corrected chi connectivity index (χ0v) is 17.3. The number of nitrogens with zero attached hydrogens (tertiary/aromatic N) is 4. The quantitative estimate of drug-likeness (QED) is 0.592. The van der Waals surface area contributed by atoms with Crippen LogP contribution in [-0.4, -0.2) is 38.7 Å². The smallest absolute Gasteiger partial charge is 0.163 e. The lowest BCUT2D eigenvalue weighted by atomic mass is 9.89. The molecule has 1 N–H and O–H groups in total. The summed E-state index contributed by atoms with van der Waals surface area (Å²) < 4.78 is 0. The lowest BCUT2D eigenvalue weighted by Crippen LogP contribution is -2.34. The highest BCUT2D eigenvalue weighted by Crippen LogP contribution is 2.24. The van der Waals surface area contributed by atoms with E-state index in [1.807, 2.05) is 49.5 Å². The summed E-state index contributed by atoms with van der Waals surface area (Å²) in [6.07, 6.45) is 7.88. The lowest BCUT2D eigenvalue weighted by Gasteiger charge is -2.31. The molecule has 2 aromatic heterocycles. The van der Waals surface area contributed by atoms with E-state index in [0.29, 0.717) is 12.3 Å². The van der Waals surface area contributed by atoms with Crippen LogP contribution in [0.15, 0.2) is 61.2 Å². The molecule has 0 bridgehead atoms. The van der Waals surface area contributed by atoms with E-state index < -0.39 is 0 Å². The minimum Gasteiger partial charge on any atom is -0.340 e. The Kier molecular flexibility index (Phi) is 6.44. The van der Waals surface area contributed by atoms with Crippen LogP contribution in [0.2, 0.25) is 0 Å². The van der Waals surface area contributed by atoms with Gasteiger partial charge in [-0.05, 0) is 75.2 Å². The predicted octanol–water partition coefficient (Wildman–Crippen LogP) is 4.41. The molecule has 1 fully saturated rings. The van der Waals surface area contributed by atoms with Crippen molar-refractivity contribution in [2.24, 2.45) is 5.92 Å². The highest BCUT2D eigenvalue weighted by atomic mass is 16.1. The molecule has 30 heavy (non-hydrogen) atoms. The second-order valence-electron chi connectivity index (χ2n) is 7.92. The van der Waals surface area contributed by atoms with E-state index in [4.69, 9.17) is 0 Å². The minimum atomic E-state index is 0.225. The second-order valence-corrected chi connectivity index (χ2v) is 7.92. The van der Waals surface area contributed by atoms with Crippen LogP contribution in [0.5, 0.6) is 0 Å². The number of rotatable bonds is 7. The maximum Gasteiger partial charge on any atom is 0.163 e. The van der Waals surface area contributed by atoms with E-state index in [1.54, 1.807) is 6.20 Å². The monoisotopic (exact) mass is 401 g/mol. The fourth-order valence-electron chi connectivity index (χ4n) is 3.86. The molecule has 1 saturated heterocycles. The molecule has 3 heterocycles. The molecular weight excluding hydrogens is 374 g/mol. The predicted molar refractivity (Wildman–Crippen MR) is 118 cm³/mol. The lowest BCUT2D eigenvalue weighted by molar-refractivity contribution is 0.0924. The van der Waals surface area contributed by atoms with Crippen molar-refractivity contribution < 1.29 is 4.79 Å². The van der Waals surface area contributed by atoms with Gasteiger partial charge in [-0.25, -0.2) is 9.97 Å². The number of Topliss-reactive ketones (excluding diaryl/α,β-unsaturated/α-hetero) is 1. The first-order chi connectivity index (χ1) is 14.7. The molecule has 3 aromatic rings. The molecule has 0 amide bonds. The third-order valence-corrected chi connectivity index (χ3v) is 5.66. The van der Waals surface area contributed by atoms with Gasteiger partial charge in [0.15, 0.2) is 5.78 Å². The molecule has 0 saturated carbocycles. The van der Waals surface area contributed by atoms with Crippen molar-refractivity contribution in [2.45, 2.75) is 32.7 Å². The summed E-state index contributed by atoms with van der Waals surface area (Å²) in [4.78, 5) is 27.8. The Morgan fingerprint density at radius 2 is 1.90 bits per heavy atom. The molecule has 6 nitrogen and oxygen atoms in total. The van der Waals surface area contributed by atoms with E-state index in [0.717, 1.165) is 60.8 Å². The van der Waals surface area contributed by atoms with Crippen LogP contribution < -0.4 is 5.32 Å². The summed E-state index contributed by atoms with van der Waals surface area (Å²) in [5, 5.41) is 3.27. The van der Waals surface area contributed by atoms with Crippen molar-refractivity contribution in [1.82, 2.24) is 19.9 Å². The van der Waals surface area contributed by atoms with Crippen molar-refractivity contribution in [2.75, 3.05) is 18.4 Å². The highest BCUT2D eigenvalue weighted by molar-refractivity contribution is 5.96. The van der Waals surface area contributed by atoms with Crippen molar-refractivity contribution >= 4 is 17.3 Å². The summed E-state index contributed by atoms with van der Waals surface area (Å²) in [6, 6.07) is 13.7. The van der Waals surface area contributed by atoms with Crippen molar-refractivity contribution in [3.63, 3.8) is 0 Å². The number of nitrogens with one attached hydrogen (secondary N) is 1. The molecule has 0 unspecified atom stereocenters. The Morgan fingerprint density at radius 1 is 1.10 bits per heavy atom. The molecule has 1 aliphatic heterocycles. The second kappa shape index (κ2) is 9.59. The van der Waals surface area contributed by atoms with Crippen molar-refractivity contribution in [3.8, 4) is 0 Å². The highest BCUT2D eigenvalue weighted by Gasteiger charge is 2.22. The SMILES string of the molecule is Cc1cncnc1Nc1ccc(C(=O)CC2CCN(Cc3ccccn3)CC2)cc1. The largest absolute Gasteiger partial charge is 0.340 e. The number of benzene rings is 1. The maximum atomic E-state index is 12.7. The number of anilines is 2. The van der Waals surface area contributed by atoms with Crippen LogP contribution in [0.25, 0.3) is 0 Å². The third kappa shape index (κ3) is 5.27. The van der Waals surface area contributed by atoms with Crippen LogP contribution in [0, 0.1) is 12.8 Å². The molecule has 4 rings (SSSR count). The van der Waals surface area contributed by atoms with E-state index >= 15 is 0 Å². The summed E-state index contributed by atoms with van der Waals surface area (Å²) in [5.41, 5.74) is 3.77. The van der Waals surface area contributed by atoms with Gasteiger partial charge in [0.2, 0.25) is 0 Å². The van der Waals surface area contributed by atoms with Gasteiger partial charge in [-0.3, -0.25) is 14.7 Å². The van der Waals surface area contributed by atoms with Crippen LogP contribution in [0.3, 0.4) is 0 Å².